The molecule has 4 unspecified atom stereocenters. The number of rotatable bonds is 6. The zero-order valence-corrected chi connectivity index (χ0v) is 19.7. The summed E-state index contributed by atoms with van der Waals surface area (Å²) in [6.07, 6.45) is 11.9. The molecule has 4 nitrogen and oxygen atoms in total. The molecule has 0 aromatic heterocycles. The Kier molecular flexibility index (Phi) is 6.07. The fourth-order valence-electron chi connectivity index (χ4n) is 9.25. The van der Waals surface area contributed by atoms with Gasteiger partial charge in [-0.05, 0) is 111 Å². The van der Waals surface area contributed by atoms with Gasteiger partial charge in [0.1, 0.15) is 0 Å². The van der Waals surface area contributed by atoms with Crippen molar-refractivity contribution in [2.45, 2.75) is 97.0 Å². The number of hydrogen-bond donors (Lipinski definition) is 2. The fraction of sp³-hybridized carbons (Fsp3) is 0.962. The Bertz CT molecular complexity index is 649. The first-order valence-electron chi connectivity index (χ1n) is 12.6. The summed E-state index contributed by atoms with van der Waals surface area (Å²) >= 11 is 0. The van der Waals surface area contributed by atoms with Crippen molar-refractivity contribution in [1.29, 1.82) is 0 Å². The number of fused-ring (bicyclic) bond motifs is 5. The number of carboxylic acid groups (broad SMARTS) is 1. The summed E-state index contributed by atoms with van der Waals surface area (Å²) in [5.41, 5.74) is 0.151. The van der Waals surface area contributed by atoms with Crippen LogP contribution in [0.4, 0.5) is 0 Å². The number of hydrogen-bond acceptors (Lipinski definition) is 3. The quantitative estimate of drug-likeness (QED) is 0.593. The van der Waals surface area contributed by atoms with Crippen LogP contribution >= 0.6 is 0 Å². The molecule has 0 amide bonds. The Balaban J connectivity index is 1.49. The lowest BCUT2D eigenvalue weighted by Crippen LogP contribution is -2.56. The molecule has 30 heavy (non-hydrogen) atoms. The molecular formula is C26H44O4. The summed E-state index contributed by atoms with van der Waals surface area (Å²) in [4.78, 5) is 11.1. The third-order valence-electron chi connectivity index (χ3n) is 10.8. The van der Waals surface area contributed by atoms with Gasteiger partial charge in [0.2, 0.25) is 0 Å². The van der Waals surface area contributed by atoms with E-state index < -0.39 is 11.6 Å². The van der Waals surface area contributed by atoms with Gasteiger partial charge < -0.3 is 14.9 Å². The molecule has 4 heteroatoms. The molecule has 0 aliphatic heterocycles. The van der Waals surface area contributed by atoms with E-state index in [9.17, 15) is 9.90 Å². The molecule has 0 aromatic rings. The van der Waals surface area contributed by atoms with E-state index in [1.807, 2.05) is 0 Å². The highest BCUT2D eigenvalue weighted by Gasteiger charge is 2.61. The second kappa shape index (κ2) is 8.06. The summed E-state index contributed by atoms with van der Waals surface area (Å²) in [7, 11) is 1.71. The first kappa shape index (κ1) is 22.6. The standard InChI is InChI=1S/C26H44O4/c1-17(5-10-23(27)28)20-8-9-21-19-7-6-18-15-26(29,16-30-4)14-13-24(18,2)22(19)11-12-25(20,21)3/h17-22,29H,5-16H2,1-4H3,(H,27,28)/t17-,18?,19?,20-,21?,22?,24+,25-,26+/m1/s1. The van der Waals surface area contributed by atoms with E-state index in [1.54, 1.807) is 7.11 Å². The molecule has 4 saturated carbocycles. The van der Waals surface area contributed by atoms with E-state index in [2.05, 4.69) is 20.8 Å². The lowest BCUT2D eigenvalue weighted by Gasteiger charge is -2.62. The van der Waals surface area contributed by atoms with Crippen molar-refractivity contribution < 1.29 is 19.7 Å². The van der Waals surface area contributed by atoms with Crippen molar-refractivity contribution in [3.63, 3.8) is 0 Å². The van der Waals surface area contributed by atoms with Crippen LogP contribution in [0.5, 0.6) is 0 Å². The molecule has 0 aromatic carbocycles. The topological polar surface area (TPSA) is 66.8 Å². The van der Waals surface area contributed by atoms with Crippen molar-refractivity contribution in [2.24, 2.45) is 46.3 Å². The number of methoxy groups -OCH3 is 1. The second-order valence-electron chi connectivity index (χ2n) is 12.2. The Hall–Kier alpha value is -0.610. The van der Waals surface area contributed by atoms with Gasteiger partial charge in [0, 0.05) is 13.5 Å². The minimum absolute atomic E-state index is 0.314. The van der Waals surface area contributed by atoms with Gasteiger partial charge in [0.05, 0.1) is 12.2 Å². The number of ether oxygens (including phenoxy) is 1. The van der Waals surface area contributed by atoms with Crippen LogP contribution in [0.2, 0.25) is 0 Å². The number of carbonyl (C=O) groups is 1. The zero-order valence-electron chi connectivity index (χ0n) is 19.7. The maximum Gasteiger partial charge on any atom is 0.303 e. The molecular weight excluding hydrogens is 376 g/mol. The smallest absolute Gasteiger partial charge is 0.303 e. The Labute approximate surface area is 183 Å². The molecule has 0 saturated heterocycles. The lowest BCUT2D eigenvalue weighted by atomic mass is 9.43. The molecule has 4 fully saturated rings. The molecule has 9 atom stereocenters. The first-order chi connectivity index (χ1) is 14.1. The number of aliphatic hydroxyl groups is 1. The molecule has 4 aliphatic carbocycles. The van der Waals surface area contributed by atoms with Crippen molar-refractivity contribution in [3.8, 4) is 0 Å². The van der Waals surface area contributed by atoms with Gasteiger partial charge in [0.15, 0.2) is 0 Å². The monoisotopic (exact) mass is 420 g/mol. The molecule has 172 valence electrons. The maximum atomic E-state index is 11.1. The van der Waals surface area contributed by atoms with Gasteiger partial charge >= 0.3 is 5.97 Å². The largest absolute Gasteiger partial charge is 0.481 e. The van der Waals surface area contributed by atoms with Gasteiger partial charge in [-0.1, -0.05) is 20.8 Å². The highest BCUT2D eigenvalue weighted by Crippen LogP contribution is 2.68. The lowest BCUT2D eigenvalue weighted by molar-refractivity contribution is -0.163. The number of aliphatic carboxylic acids is 1. The van der Waals surface area contributed by atoms with Crippen LogP contribution in [-0.4, -0.2) is 35.5 Å². The second-order valence-corrected chi connectivity index (χ2v) is 12.2. The minimum atomic E-state index is -0.651. The predicted octanol–water partition coefficient (Wildman–Crippen LogP) is 5.52. The number of carboxylic acids is 1. The average molecular weight is 421 g/mol. The summed E-state index contributed by atoms with van der Waals surface area (Å²) in [6.45, 7) is 7.88. The van der Waals surface area contributed by atoms with Gasteiger partial charge in [-0.15, -0.1) is 0 Å². The van der Waals surface area contributed by atoms with E-state index in [1.165, 1.54) is 38.5 Å². The maximum absolute atomic E-state index is 11.1. The molecule has 4 aliphatic rings. The minimum Gasteiger partial charge on any atom is -0.481 e. The van der Waals surface area contributed by atoms with Crippen molar-refractivity contribution in [1.82, 2.24) is 0 Å². The van der Waals surface area contributed by atoms with E-state index >= 15 is 0 Å². The molecule has 0 bridgehead atoms. The van der Waals surface area contributed by atoms with Crippen molar-refractivity contribution in [2.75, 3.05) is 13.7 Å². The Morgan fingerprint density at radius 3 is 2.47 bits per heavy atom. The van der Waals surface area contributed by atoms with Gasteiger partial charge in [-0.3, -0.25) is 4.79 Å². The third-order valence-corrected chi connectivity index (χ3v) is 10.8. The van der Waals surface area contributed by atoms with Crippen LogP contribution < -0.4 is 0 Å². The fourth-order valence-corrected chi connectivity index (χ4v) is 9.25. The SMILES string of the molecule is COC[C@]1(O)CC[C@@]2(C)C(CCC3C2CC[C@@]2(C)C3CC[C@@H]2[C@H](C)CCC(=O)O)C1. The van der Waals surface area contributed by atoms with E-state index in [-0.39, 0.29) is 0 Å². The van der Waals surface area contributed by atoms with E-state index in [4.69, 9.17) is 9.84 Å². The van der Waals surface area contributed by atoms with Crippen LogP contribution in [0.15, 0.2) is 0 Å². The molecule has 0 heterocycles. The van der Waals surface area contributed by atoms with Crippen LogP contribution in [-0.2, 0) is 9.53 Å². The van der Waals surface area contributed by atoms with Crippen molar-refractivity contribution >= 4 is 5.97 Å². The van der Waals surface area contributed by atoms with Gasteiger partial charge in [-0.2, -0.15) is 0 Å². The molecule has 2 N–H and O–H groups in total. The summed E-state index contributed by atoms with van der Waals surface area (Å²) in [5.74, 6) is 3.62. The molecule has 4 rings (SSSR count). The van der Waals surface area contributed by atoms with E-state index in [0.717, 1.165) is 43.4 Å². The van der Waals surface area contributed by atoms with Crippen LogP contribution in [0.25, 0.3) is 0 Å². The third kappa shape index (κ3) is 3.64. The van der Waals surface area contributed by atoms with Crippen LogP contribution in [0.1, 0.15) is 91.4 Å². The van der Waals surface area contributed by atoms with Crippen molar-refractivity contribution in [3.05, 3.63) is 0 Å². The first-order valence-corrected chi connectivity index (χ1v) is 12.6. The Morgan fingerprint density at radius 2 is 1.77 bits per heavy atom. The zero-order chi connectivity index (χ0) is 21.7. The highest BCUT2D eigenvalue weighted by molar-refractivity contribution is 5.66. The summed E-state index contributed by atoms with van der Waals surface area (Å²) in [5, 5.41) is 20.2. The normalized spacial score (nSPS) is 49.0. The van der Waals surface area contributed by atoms with Gasteiger partial charge in [-0.25, -0.2) is 0 Å². The Morgan fingerprint density at radius 1 is 1.03 bits per heavy atom. The summed E-state index contributed by atoms with van der Waals surface area (Å²) < 4.78 is 5.36. The molecule has 0 spiro atoms. The average Bonchev–Trinajstić information content (AvgIpc) is 3.04. The highest BCUT2D eigenvalue weighted by atomic mass is 16.5. The van der Waals surface area contributed by atoms with Crippen LogP contribution in [0.3, 0.4) is 0 Å². The van der Waals surface area contributed by atoms with Gasteiger partial charge in [0.25, 0.3) is 0 Å². The molecule has 0 radical (unpaired) electrons. The summed E-state index contributed by atoms with van der Waals surface area (Å²) in [6, 6.07) is 0. The predicted molar refractivity (Wildman–Crippen MR) is 118 cm³/mol. The van der Waals surface area contributed by atoms with E-state index in [0.29, 0.717) is 41.6 Å². The van der Waals surface area contributed by atoms with Crippen LogP contribution in [0, 0.1) is 46.3 Å².